The van der Waals surface area contributed by atoms with Gasteiger partial charge in [0, 0.05) is 22.3 Å². The predicted octanol–water partition coefficient (Wildman–Crippen LogP) is 3.54. The maximum Gasteiger partial charge on any atom is 0.0743 e. The van der Waals surface area contributed by atoms with Crippen LogP contribution in [0.4, 0.5) is 11.4 Å². The number of rotatable bonds is 3. The normalized spacial score (nSPS) is 22.4. The number of nitrogens with one attached hydrogen (secondary N) is 1. The Bertz CT molecular complexity index is 641. The minimum Gasteiger partial charge on any atom is -0.396 e. The summed E-state index contributed by atoms with van der Waals surface area (Å²) in [5.74, 6) is 0.300. The standard InChI is InChI=1S/C16H20BrN3O/c17-11-5-6-14-12(7-11)16(13(18)9-19-14)20-8-10-3-1-2-4-15(10)21/h5-7,9-10,15,21H,1-4,8,18H2,(H,19,20). The van der Waals surface area contributed by atoms with Gasteiger partial charge in [0.15, 0.2) is 0 Å². The molecule has 5 heteroatoms. The van der Waals surface area contributed by atoms with E-state index < -0.39 is 0 Å². The molecule has 1 aliphatic carbocycles. The summed E-state index contributed by atoms with van der Waals surface area (Å²) in [6.07, 6.45) is 5.79. The topological polar surface area (TPSA) is 71.2 Å². The van der Waals surface area contributed by atoms with Crippen LogP contribution in [0.2, 0.25) is 0 Å². The molecule has 4 nitrogen and oxygen atoms in total. The number of nitrogens with two attached hydrogens (primary N) is 1. The highest BCUT2D eigenvalue weighted by Crippen LogP contribution is 2.31. The van der Waals surface area contributed by atoms with Crippen molar-refractivity contribution >= 4 is 38.2 Å². The third-order valence-electron chi connectivity index (χ3n) is 4.27. The van der Waals surface area contributed by atoms with Crippen LogP contribution in [0.3, 0.4) is 0 Å². The number of hydrogen-bond donors (Lipinski definition) is 3. The van der Waals surface area contributed by atoms with E-state index in [2.05, 4.69) is 26.2 Å². The van der Waals surface area contributed by atoms with Gasteiger partial charge in [-0.1, -0.05) is 28.8 Å². The molecule has 1 saturated carbocycles. The minimum absolute atomic E-state index is 0.202. The van der Waals surface area contributed by atoms with E-state index in [0.717, 1.165) is 46.9 Å². The molecule has 21 heavy (non-hydrogen) atoms. The summed E-state index contributed by atoms with van der Waals surface area (Å²) in [6, 6.07) is 5.97. The van der Waals surface area contributed by atoms with Crippen LogP contribution in [0.1, 0.15) is 25.7 Å². The number of halogens is 1. The molecular weight excluding hydrogens is 330 g/mol. The summed E-state index contributed by atoms with van der Waals surface area (Å²) >= 11 is 3.49. The molecule has 1 fully saturated rings. The predicted molar refractivity (Wildman–Crippen MR) is 90.3 cm³/mol. The van der Waals surface area contributed by atoms with Gasteiger partial charge in [0.25, 0.3) is 0 Å². The first-order valence-electron chi connectivity index (χ1n) is 7.41. The lowest BCUT2D eigenvalue weighted by Crippen LogP contribution is -2.30. The summed E-state index contributed by atoms with van der Waals surface area (Å²) in [7, 11) is 0. The van der Waals surface area contributed by atoms with E-state index >= 15 is 0 Å². The molecule has 2 atom stereocenters. The van der Waals surface area contributed by atoms with Crippen molar-refractivity contribution in [2.24, 2.45) is 5.92 Å². The second kappa shape index (κ2) is 6.20. The molecule has 4 N–H and O–H groups in total. The molecule has 3 rings (SSSR count). The Labute approximate surface area is 132 Å². The number of pyridine rings is 1. The van der Waals surface area contributed by atoms with Gasteiger partial charge in [-0.15, -0.1) is 0 Å². The van der Waals surface area contributed by atoms with E-state index in [-0.39, 0.29) is 6.10 Å². The van der Waals surface area contributed by atoms with Gasteiger partial charge in [-0.2, -0.15) is 0 Å². The molecular formula is C16H20BrN3O. The van der Waals surface area contributed by atoms with Crippen molar-refractivity contribution in [1.82, 2.24) is 4.98 Å². The summed E-state index contributed by atoms with van der Waals surface area (Å²) in [5, 5.41) is 14.5. The zero-order chi connectivity index (χ0) is 14.8. The average Bonchev–Trinajstić information content (AvgIpc) is 2.48. The van der Waals surface area contributed by atoms with Gasteiger partial charge in [-0.05, 0) is 31.0 Å². The highest BCUT2D eigenvalue weighted by Gasteiger charge is 2.23. The van der Waals surface area contributed by atoms with Crippen molar-refractivity contribution in [1.29, 1.82) is 0 Å². The molecule has 0 aliphatic heterocycles. The van der Waals surface area contributed by atoms with Gasteiger partial charge in [0.2, 0.25) is 0 Å². The van der Waals surface area contributed by atoms with Crippen LogP contribution in [0.5, 0.6) is 0 Å². The maximum absolute atomic E-state index is 10.1. The van der Waals surface area contributed by atoms with E-state index in [9.17, 15) is 5.11 Å². The van der Waals surface area contributed by atoms with Gasteiger partial charge >= 0.3 is 0 Å². The maximum atomic E-state index is 10.1. The lowest BCUT2D eigenvalue weighted by molar-refractivity contribution is 0.0763. The highest BCUT2D eigenvalue weighted by atomic mass is 79.9. The lowest BCUT2D eigenvalue weighted by Gasteiger charge is -2.28. The van der Waals surface area contributed by atoms with Crippen LogP contribution in [0.25, 0.3) is 10.9 Å². The fraction of sp³-hybridized carbons (Fsp3) is 0.438. The van der Waals surface area contributed by atoms with Crippen molar-refractivity contribution in [2.75, 3.05) is 17.6 Å². The van der Waals surface area contributed by atoms with Crippen LogP contribution in [0, 0.1) is 5.92 Å². The first-order chi connectivity index (χ1) is 10.1. The van der Waals surface area contributed by atoms with Crippen LogP contribution in [0.15, 0.2) is 28.9 Å². The number of nitrogens with zero attached hydrogens (tertiary/aromatic N) is 1. The van der Waals surface area contributed by atoms with Crippen LogP contribution >= 0.6 is 15.9 Å². The van der Waals surface area contributed by atoms with Crippen molar-refractivity contribution in [3.05, 3.63) is 28.9 Å². The molecule has 0 saturated heterocycles. The van der Waals surface area contributed by atoms with Gasteiger partial charge in [-0.25, -0.2) is 0 Å². The zero-order valence-electron chi connectivity index (χ0n) is 11.8. The third-order valence-corrected chi connectivity index (χ3v) is 4.76. The van der Waals surface area contributed by atoms with E-state index in [4.69, 9.17) is 5.73 Å². The number of benzene rings is 1. The Morgan fingerprint density at radius 2 is 2.14 bits per heavy atom. The Hall–Kier alpha value is -1.33. The molecule has 112 valence electrons. The first kappa shape index (κ1) is 14.6. The molecule has 2 aromatic rings. The third kappa shape index (κ3) is 3.14. The van der Waals surface area contributed by atoms with Gasteiger partial charge < -0.3 is 16.2 Å². The average molecular weight is 350 g/mol. The quantitative estimate of drug-likeness (QED) is 0.792. The Morgan fingerprint density at radius 1 is 1.33 bits per heavy atom. The van der Waals surface area contributed by atoms with Gasteiger partial charge in [0.05, 0.1) is 29.2 Å². The summed E-state index contributed by atoms with van der Waals surface area (Å²) in [6.45, 7) is 0.747. The Kier molecular flexibility index (Phi) is 4.31. The minimum atomic E-state index is -0.202. The van der Waals surface area contributed by atoms with E-state index in [0.29, 0.717) is 11.6 Å². The molecule has 1 heterocycles. The molecule has 2 unspecified atom stereocenters. The van der Waals surface area contributed by atoms with Crippen molar-refractivity contribution in [3.8, 4) is 0 Å². The fourth-order valence-corrected chi connectivity index (χ4v) is 3.40. The molecule has 1 aromatic heterocycles. The molecule has 0 spiro atoms. The number of aliphatic hydroxyl groups is 1. The number of fused-ring (bicyclic) bond motifs is 1. The number of aromatic nitrogens is 1. The zero-order valence-corrected chi connectivity index (χ0v) is 13.4. The van der Waals surface area contributed by atoms with Crippen molar-refractivity contribution in [3.63, 3.8) is 0 Å². The SMILES string of the molecule is Nc1cnc2ccc(Br)cc2c1NCC1CCCCC1O. The second-order valence-corrected chi connectivity index (χ2v) is 6.66. The van der Waals surface area contributed by atoms with Crippen molar-refractivity contribution in [2.45, 2.75) is 31.8 Å². The lowest BCUT2D eigenvalue weighted by atomic mass is 9.86. The second-order valence-electron chi connectivity index (χ2n) is 5.74. The summed E-state index contributed by atoms with van der Waals surface area (Å²) in [4.78, 5) is 4.36. The van der Waals surface area contributed by atoms with Crippen LogP contribution < -0.4 is 11.1 Å². The molecule has 0 radical (unpaired) electrons. The summed E-state index contributed by atoms with van der Waals surface area (Å²) < 4.78 is 1.00. The van der Waals surface area contributed by atoms with Crippen LogP contribution in [-0.4, -0.2) is 22.7 Å². The number of aliphatic hydroxyl groups excluding tert-OH is 1. The Balaban J connectivity index is 1.85. The van der Waals surface area contributed by atoms with Gasteiger partial charge in [-0.3, -0.25) is 4.98 Å². The van der Waals surface area contributed by atoms with E-state index in [1.54, 1.807) is 6.20 Å². The Morgan fingerprint density at radius 3 is 2.95 bits per heavy atom. The van der Waals surface area contributed by atoms with E-state index in [1.165, 1.54) is 6.42 Å². The van der Waals surface area contributed by atoms with Crippen molar-refractivity contribution < 1.29 is 5.11 Å². The molecule has 0 bridgehead atoms. The largest absolute Gasteiger partial charge is 0.396 e. The molecule has 1 aromatic carbocycles. The van der Waals surface area contributed by atoms with Gasteiger partial charge in [0.1, 0.15) is 0 Å². The summed E-state index contributed by atoms with van der Waals surface area (Å²) in [5.41, 5.74) is 8.56. The number of nitrogen functional groups attached to an aromatic ring is 1. The fourth-order valence-electron chi connectivity index (χ4n) is 3.04. The highest BCUT2D eigenvalue weighted by molar-refractivity contribution is 9.10. The van der Waals surface area contributed by atoms with E-state index in [1.807, 2.05) is 18.2 Å². The number of anilines is 2. The van der Waals surface area contributed by atoms with Crippen LogP contribution in [-0.2, 0) is 0 Å². The molecule has 1 aliphatic rings. The smallest absolute Gasteiger partial charge is 0.0743 e. The first-order valence-corrected chi connectivity index (χ1v) is 8.20. The molecule has 0 amide bonds. The number of hydrogen-bond acceptors (Lipinski definition) is 4. The monoisotopic (exact) mass is 349 g/mol.